The highest BCUT2D eigenvalue weighted by Crippen LogP contribution is 2.14. The van der Waals surface area contributed by atoms with Crippen molar-refractivity contribution < 1.29 is 9.52 Å². The van der Waals surface area contributed by atoms with E-state index < -0.39 is 5.60 Å². The summed E-state index contributed by atoms with van der Waals surface area (Å²) in [6.45, 7) is 1.40. The summed E-state index contributed by atoms with van der Waals surface area (Å²) >= 11 is 0. The van der Waals surface area contributed by atoms with E-state index in [4.69, 9.17) is 6.42 Å². The fourth-order valence-electron chi connectivity index (χ4n) is 0.447. The van der Waals surface area contributed by atoms with E-state index in [1.807, 2.05) is 0 Å². The van der Waals surface area contributed by atoms with Crippen LogP contribution in [0, 0.1) is 12.3 Å². The molecular weight excluding hydrogens is 132 g/mol. The molecule has 1 N–H and O–H groups in total. The summed E-state index contributed by atoms with van der Waals surface area (Å²) in [5.41, 5.74) is -1.45. The molecule has 0 bridgehead atoms. The van der Waals surface area contributed by atoms with Crippen molar-refractivity contribution >= 4 is 0 Å². The van der Waals surface area contributed by atoms with Crippen molar-refractivity contribution in [1.29, 1.82) is 0 Å². The fraction of sp³-hybridized carbons (Fsp3) is 0.333. The highest BCUT2D eigenvalue weighted by atomic mass is 16.4. The number of terminal acetylenes is 1. The highest BCUT2D eigenvalue weighted by Gasteiger charge is 2.25. The molecule has 52 valence electrons. The highest BCUT2D eigenvalue weighted by molar-refractivity contribution is 5.12. The molecule has 1 atom stereocenters. The molecule has 0 radical (unpaired) electrons. The van der Waals surface area contributed by atoms with Gasteiger partial charge in [0.2, 0.25) is 12.0 Å². The number of hydrogen-bond donors (Lipinski definition) is 1. The second-order valence-corrected chi connectivity index (χ2v) is 1.96. The third kappa shape index (κ3) is 0.993. The largest absolute Gasteiger partial charge is 0.424 e. The maximum absolute atomic E-state index is 9.25. The van der Waals surface area contributed by atoms with Crippen LogP contribution in [0.4, 0.5) is 0 Å². The molecule has 1 aromatic rings. The summed E-state index contributed by atoms with van der Waals surface area (Å²) in [5.74, 6) is 2.14. The average molecular weight is 138 g/mol. The van der Waals surface area contributed by atoms with Crippen LogP contribution in [0.25, 0.3) is 0 Å². The van der Waals surface area contributed by atoms with Crippen LogP contribution in [-0.4, -0.2) is 15.3 Å². The predicted octanol–water partition coefficient (Wildman–Crippen LogP) is -0.0897. The third-order valence-corrected chi connectivity index (χ3v) is 1.06. The van der Waals surface area contributed by atoms with Gasteiger partial charge >= 0.3 is 0 Å². The van der Waals surface area contributed by atoms with Crippen LogP contribution in [-0.2, 0) is 5.60 Å². The Bertz CT molecular complexity index is 245. The van der Waals surface area contributed by atoms with Gasteiger partial charge < -0.3 is 9.52 Å². The van der Waals surface area contributed by atoms with Crippen molar-refractivity contribution in [2.75, 3.05) is 0 Å². The van der Waals surface area contributed by atoms with Crippen LogP contribution in [0.15, 0.2) is 10.8 Å². The van der Waals surface area contributed by atoms with Gasteiger partial charge in [-0.15, -0.1) is 16.6 Å². The topological polar surface area (TPSA) is 59.2 Å². The van der Waals surface area contributed by atoms with Crippen molar-refractivity contribution in [1.82, 2.24) is 10.2 Å². The summed E-state index contributed by atoms with van der Waals surface area (Å²) < 4.78 is 4.67. The Kier molecular flexibility index (Phi) is 1.44. The quantitative estimate of drug-likeness (QED) is 0.551. The molecule has 4 nitrogen and oxygen atoms in total. The first-order chi connectivity index (χ1) is 4.67. The second kappa shape index (κ2) is 2.12. The van der Waals surface area contributed by atoms with Crippen molar-refractivity contribution in [2.45, 2.75) is 12.5 Å². The molecule has 0 fully saturated rings. The van der Waals surface area contributed by atoms with E-state index in [0.717, 1.165) is 6.39 Å². The minimum atomic E-state index is -1.45. The van der Waals surface area contributed by atoms with E-state index >= 15 is 0 Å². The molecule has 0 aliphatic rings. The maximum Gasteiger partial charge on any atom is 0.260 e. The van der Waals surface area contributed by atoms with E-state index in [-0.39, 0.29) is 5.89 Å². The van der Waals surface area contributed by atoms with Gasteiger partial charge in [-0.25, -0.2) is 0 Å². The Labute approximate surface area is 57.9 Å². The van der Waals surface area contributed by atoms with Crippen molar-refractivity contribution in [2.24, 2.45) is 0 Å². The molecule has 1 heterocycles. The first kappa shape index (κ1) is 6.78. The summed E-state index contributed by atoms with van der Waals surface area (Å²) in [5, 5.41) is 16.1. The minimum Gasteiger partial charge on any atom is -0.424 e. The molecule has 0 unspecified atom stereocenters. The zero-order valence-corrected chi connectivity index (χ0v) is 5.40. The Morgan fingerprint density at radius 2 is 2.60 bits per heavy atom. The van der Waals surface area contributed by atoms with Gasteiger partial charge in [0.1, 0.15) is 0 Å². The number of nitrogens with zero attached hydrogens (tertiary/aromatic N) is 2. The molecule has 4 heteroatoms. The van der Waals surface area contributed by atoms with E-state index in [9.17, 15) is 5.11 Å². The molecule has 1 aromatic heterocycles. The van der Waals surface area contributed by atoms with Crippen molar-refractivity contribution in [3.8, 4) is 12.3 Å². The molecule has 0 aliphatic heterocycles. The number of rotatable bonds is 1. The van der Waals surface area contributed by atoms with Gasteiger partial charge in [0, 0.05) is 0 Å². The third-order valence-electron chi connectivity index (χ3n) is 1.06. The van der Waals surface area contributed by atoms with Crippen LogP contribution in [0.5, 0.6) is 0 Å². The van der Waals surface area contributed by atoms with Crippen LogP contribution in [0.1, 0.15) is 12.8 Å². The fourth-order valence-corrected chi connectivity index (χ4v) is 0.447. The van der Waals surface area contributed by atoms with E-state index in [1.54, 1.807) is 0 Å². The molecule has 10 heavy (non-hydrogen) atoms. The summed E-state index contributed by atoms with van der Waals surface area (Å²) in [6.07, 6.45) is 6.08. The molecule has 0 spiro atoms. The van der Waals surface area contributed by atoms with Crippen LogP contribution in [0.3, 0.4) is 0 Å². The number of aliphatic hydroxyl groups is 1. The Morgan fingerprint density at radius 1 is 1.90 bits per heavy atom. The Hall–Kier alpha value is -1.34. The minimum absolute atomic E-state index is 0.0370. The summed E-state index contributed by atoms with van der Waals surface area (Å²) in [4.78, 5) is 0. The SMILES string of the molecule is C#C[C@@](C)(O)c1nnco1. The summed E-state index contributed by atoms with van der Waals surface area (Å²) in [6, 6.07) is 0. The number of aromatic nitrogens is 2. The van der Waals surface area contributed by atoms with Gasteiger partial charge in [0.25, 0.3) is 5.89 Å². The van der Waals surface area contributed by atoms with Gasteiger partial charge in [-0.2, -0.15) is 0 Å². The lowest BCUT2D eigenvalue weighted by molar-refractivity contribution is 0.0893. The smallest absolute Gasteiger partial charge is 0.260 e. The lowest BCUT2D eigenvalue weighted by Gasteiger charge is -2.08. The Morgan fingerprint density at radius 3 is 3.00 bits per heavy atom. The van der Waals surface area contributed by atoms with Gasteiger partial charge in [0.15, 0.2) is 0 Å². The standard InChI is InChI=1S/C6H6N2O2/c1-3-6(2,9)5-8-7-4-10-5/h1,4,9H,2H3/t6-/m1/s1. The van der Waals surface area contributed by atoms with Gasteiger partial charge in [-0.1, -0.05) is 5.92 Å². The Balaban J connectivity index is 2.99. The summed E-state index contributed by atoms with van der Waals surface area (Å²) in [7, 11) is 0. The predicted molar refractivity (Wildman–Crippen MR) is 32.7 cm³/mol. The molecule has 0 aliphatic carbocycles. The monoisotopic (exact) mass is 138 g/mol. The molecule has 1 rings (SSSR count). The van der Waals surface area contributed by atoms with Gasteiger partial charge in [-0.05, 0) is 6.92 Å². The molecule has 0 amide bonds. The lowest BCUT2D eigenvalue weighted by Crippen LogP contribution is -2.18. The van der Waals surface area contributed by atoms with Gasteiger partial charge in [-0.3, -0.25) is 0 Å². The zero-order chi connectivity index (χ0) is 7.61. The van der Waals surface area contributed by atoms with Crippen LogP contribution >= 0.6 is 0 Å². The first-order valence-electron chi connectivity index (χ1n) is 2.63. The van der Waals surface area contributed by atoms with E-state index in [2.05, 4.69) is 20.5 Å². The van der Waals surface area contributed by atoms with Crippen LogP contribution < -0.4 is 0 Å². The molecule has 0 aromatic carbocycles. The lowest BCUT2D eigenvalue weighted by atomic mass is 10.1. The van der Waals surface area contributed by atoms with E-state index in [0.29, 0.717) is 0 Å². The maximum atomic E-state index is 9.25. The number of hydrogen-bond acceptors (Lipinski definition) is 4. The van der Waals surface area contributed by atoms with Crippen LogP contribution in [0.2, 0.25) is 0 Å². The average Bonchev–Trinajstić information content (AvgIpc) is 2.38. The van der Waals surface area contributed by atoms with Crippen molar-refractivity contribution in [3.63, 3.8) is 0 Å². The molecule has 0 saturated carbocycles. The second-order valence-electron chi connectivity index (χ2n) is 1.96. The molecular formula is C6H6N2O2. The van der Waals surface area contributed by atoms with Gasteiger partial charge in [0.05, 0.1) is 0 Å². The normalized spacial score (nSPS) is 15.7. The zero-order valence-electron chi connectivity index (χ0n) is 5.40. The first-order valence-corrected chi connectivity index (χ1v) is 2.63. The molecule has 0 saturated heterocycles. The van der Waals surface area contributed by atoms with E-state index in [1.165, 1.54) is 6.92 Å². The van der Waals surface area contributed by atoms with Crippen molar-refractivity contribution in [3.05, 3.63) is 12.3 Å².